The largest absolute Gasteiger partial charge is 0.486 e. The van der Waals surface area contributed by atoms with Gasteiger partial charge in [0.2, 0.25) is 0 Å². The molecule has 1 aliphatic carbocycles. The smallest absolute Gasteiger partial charge is 0.315 e. The van der Waals surface area contributed by atoms with E-state index in [1.807, 2.05) is 6.92 Å². The fourth-order valence-electron chi connectivity index (χ4n) is 2.65. The summed E-state index contributed by atoms with van der Waals surface area (Å²) in [7, 11) is 0. The van der Waals surface area contributed by atoms with Crippen molar-refractivity contribution in [1.29, 1.82) is 0 Å². The Labute approximate surface area is 136 Å². The highest BCUT2D eigenvalue weighted by molar-refractivity contribution is 5.74. The van der Waals surface area contributed by atoms with Crippen LogP contribution < -0.4 is 15.4 Å². The van der Waals surface area contributed by atoms with Gasteiger partial charge in [-0.05, 0) is 44.2 Å². The molecule has 1 unspecified atom stereocenters. The molecule has 5 nitrogen and oxygen atoms in total. The van der Waals surface area contributed by atoms with Crippen LogP contribution in [0.2, 0.25) is 0 Å². The molecule has 0 heterocycles. The number of aliphatic hydroxyl groups excluding tert-OH is 1. The summed E-state index contributed by atoms with van der Waals surface area (Å²) in [5.74, 6) is -0.209. The summed E-state index contributed by atoms with van der Waals surface area (Å²) >= 11 is 0. The van der Waals surface area contributed by atoms with Gasteiger partial charge in [-0.25, -0.2) is 9.18 Å². The third kappa shape index (κ3) is 5.71. The van der Waals surface area contributed by atoms with Crippen molar-refractivity contribution in [2.45, 2.75) is 57.3 Å². The SMILES string of the molecule is CCC(CNC(=O)NC1CCC(O)CC1)Oc1ccccc1F. The molecule has 0 bridgehead atoms. The van der Waals surface area contributed by atoms with E-state index in [0.717, 1.165) is 25.7 Å². The molecule has 0 aliphatic heterocycles. The quantitative estimate of drug-likeness (QED) is 0.753. The normalized spacial score (nSPS) is 22.2. The molecule has 1 aliphatic rings. The summed E-state index contributed by atoms with van der Waals surface area (Å²) in [5.41, 5.74) is 0. The van der Waals surface area contributed by atoms with Gasteiger partial charge in [0, 0.05) is 6.04 Å². The molecule has 128 valence electrons. The average molecular weight is 324 g/mol. The second-order valence-corrected chi connectivity index (χ2v) is 5.94. The molecule has 6 heteroatoms. The molecule has 1 aromatic carbocycles. The maximum Gasteiger partial charge on any atom is 0.315 e. The average Bonchev–Trinajstić information content (AvgIpc) is 2.55. The number of urea groups is 1. The van der Waals surface area contributed by atoms with Crippen LogP contribution in [0.4, 0.5) is 9.18 Å². The highest BCUT2D eigenvalue weighted by atomic mass is 19.1. The topological polar surface area (TPSA) is 70.6 Å². The van der Waals surface area contributed by atoms with Gasteiger partial charge in [-0.3, -0.25) is 0 Å². The first-order valence-electron chi connectivity index (χ1n) is 8.22. The predicted molar refractivity (Wildman–Crippen MR) is 85.9 cm³/mol. The minimum atomic E-state index is -0.406. The monoisotopic (exact) mass is 324 g/mol. The second-order valence-electron chi connectivity index (χ2n) is 5.94. The molecule has 1 atom stereocenters. The molecule has 3 N–H and O–H groups in total. The molecule has 23 heavy (non-hydrogen) atoms. The molecule has 1 aromatic rings. The van der Waals surface area contributed by atoms with Gasteiger partial charge in [0.25, 0.3) is 0 Å². The number of carbonyl (C=O) groups is 1. The van der Waals surface area contributed by atoms with E-state index in [4.69, 9.17) is 4.74 Å². The van der Waals surface area contributed by atoms with Crippen LogP contribution in [0.1, 0.15) is 39.0 Å². The maximum absolute atomic E-state index is 13.6. The van der Waals surface area contributed by atoms with Gasteiger partial charge in [-0.2, -0.15) is 0 Å². The number of benzene rings is 1. The molecule has 1 fully saturated rings. The van der Waals surface area contributed by atoms with Crippen LogP contribution in [0.3, 0.4) is 0 Å². The predicted octanol–water partition coefficient (Wildman–Crippen LogP) is 2.59. The summed E-state index contributed by atoms with van der Waals surface area (Å²) in [6.07, 6.45) is 3.15. The molecular weight excluding hydrogens is 299 g/mol. The Morgan fingerprint density at radius 3 is 2.70 bits per heavy atom. The number of hydrogen-bond acceptors (Lipinski definition) is 3. The van der Waals surface area contributed by atoms with E-state index in [2.05, 4.69) is 10.6 Å². The molecule has 0 spiro atoms. The fourth-order valence-corrected chi connectivity index (χ4v) is 2.65. The molecule has 2 rings (SSSR count). The highest BCUT2D eigenvalue weighted by Crippen LogP contribution is 2.19. The lowest BCUT2D eigenvalue weighted by Crippen LogP contribution is -2.46. The standard InChI is InChI=1S/C17H25FN2O3/c1-2-14(23-16-6-4-3-5-15(16)18)11-19-17(22)20-12-7-9-13(21)10-8-12/h3-6,12-14,21H,2,7-11H2,1H3,(H2,19,20,22). The van der Waals surface area contributed by atoms with Gasteiger partial charge in [-0.1, -0.05) is 19.1 Å². The van der Waals surface area contributed by atoms with Crippen molar-refractivity contribution in [3.63, 3.8) is 0 Å². The van der Waals surface area contributed by atoms with E-state index in [-0.39, 0.29) is 30.0 Å². The lowest BCUT2D eigenvalue weighted by molar-refractivity contribution is 0.117. The van der Waals surface area contributed by atoms with Crippen LogP contribution in [-0.2, 0) is 0 Å². The third-order valence-corrected chi connectivity index (χ3v) is 4.11. The summed E-state index contributed by atoms with van der Waals surface area (Å²) in [6.45, 7) is 2.24. The molecule has 0 saturated heterocycles. The van der Waals surface area contributed by atoms with Crippen LogP contribution in [-0.4, -0.2) is 35.9 Å². The van der Waals surface area contributed by atoms with Crippen LogP contribution >= 0.6 is 0 Å². The minimum absolute atomic E-state index is 0.103. The summed E-state index contributed by atoms with van der Waals surface area (Å²) in [5, 5.41) is 15.1. The first-order valence-corrected chi connectivity index (χ1v) is 8.22. The number of ether oxygens (including phenoxy) is 1. The van der Waals surface area contributed by atoms with Gasteiger partial charge in [0.15, 0.2) is 11.6 Å². The van der Waals surface area contributed by atoms with Gasteiger partial charge in [0.1, 0.15) is 6.10 Å². The number of para-hydroxylation sites is 1. The number of nitrogens with one attached hydrogen (secondary N) is 2. The van der Waals surface area contributed by atoms with E-state index in [0.29, 0.717) is 13.0 Å². The zero-order valence-electron chi connectivity index (χ0n) is 13.4. The first-order chi connectivity index (χ1) is 11.1. The minimum Gasteiger partial charge on any atom is -0.486 e. The Hall–Kier alpha value is -1.82. The number of amides is 2. The van der Waals surface area contributed by atoms with Crippen LogP contribution in [0, 0.1) is 5.82 Å². The van der Waals surface area contributed by atoms with E-state index in [1.165, 1.54) is 6.07 Å². The third-order valence-electron chi connectivity index (χ3n) is 4.11. The maximum atomic E-state index is 13.6. The molecule has 0 aromatic heterocycles. The Morgan fingerprint density at radius 2 is 2.04 bits per heavy atom. The number of rotatable bonds is 6. The molecule has 2 amide bonds. The Bertz CT molecular complexity index is 504. The summed E-state index contributed by atoms with van der Waals surface area (Å²) in [6, 6.07) is 6.09. The highest BCUT2D eigenvalue weighted by Gasteiger charge is 2.21. The van der Waals surface area contributed by atoms with E-state index >= 15 is 0 Å². The van der Waals surface area contributed by atoms with Crippen molar-refractivity contribution >= 4 is 6.03 Å². The number of hydrogen-bond donors (Lipinski definition) is 3. The molecule has 0 radical (unpaired) electrons. The Morgan fingerprint density at radius 1 is 1.35 bits per heavy atom. The van der Waals surface area contributed by atoms with Crippen molar-refractivity contribution in [3.8, 4) is 5.75 Å². The number of aliphatic hydroxyl groups is 1. The van der Waals surface area contributed by atoms with Gasteiger partial charge in [0.05, 0.1) is 12.6 Å². The number of halogens is 1. The van der Waals surface area contributed by atoms with Crippen molar-refractivity contribution in [3.05, 3.63) is 30.1 Å². The second kappa shape index (κ2) is 8.72. The summed E-state index contributed by atoms with van der Waals surface area (Å²) < 4.78 is 19.2. The lowest BCUT2D eigenvalue weighted by atomic mass is 9.93. The van der Waals surface area contributed by atoms with Crippen LogP contribution in [0.5, 0.6) is 5.75 Å². The van der Waals surface area contributed by atoms with Gasteiger partial charge >= 0.3 is 6.03 Å². The van der Waals surface area contributed by atoms with Gasteiger partial charge in [-0.15, -0.1) is 0 Å². The van der Waals surface area contributed by atoms with E-state index < -0.39 is 5.82 Å². The van der Waals surface area contributed by atoms with Crippen LogP contribution in [0.25, 0.3) is 0 Å². The Balaban J connectivity index is 1.74. The number of carbonyl (C=O) groups excluding carboxylic acids is 1. The van der Waals surface area contributed by atoms with E-state index in [9.17, 15) is 14.3 Å². The Kier molecular flexibility index (Phi) is 6.65. The van der Waals surface area contributed by atoms with Crippen molar-refractivity contribution in [2.24, 2.45) is 0 Å². The zero-order chi connectivity index (χ0) is 16.7. The van der Waals surface area contributed by atoms with Crippen molar-refractivity contribution in [1.82, 2.24) is 10.6 Å². The molecule has 1 saturated carbocycles. The lowest BCUT2D eigenvalue weighted by Gasteiger charge is -2.26. The van der Waals surface area contributed by atoms with E-state index in [1.54, 1.807) is 18.2 Å². The van der Waals surface area contributed by atoms with Gasteiger partial charge < -0.3 is 20.5 Å². The molecular formula is C17H25FN2O3. The van der Waals surface area contributed by atoms with Crippen molar-refractivity contribution in [2.75, 3.05) is 6.54 Å². The fraction of sp³-hybridized carbons (Fsp3) is 0.588. The van der Waals surface area contributed by atoms with Crippen LogP contribution in [0.15, 0.2) is 24.3 Å². The summed E-state index contributed by atoms with van der Waals surface area (Å²) in [4.78, 5) is 11.9. The van der Waals surface area contributed by atoms with Crippen molar-refractivity contribution < 1.29 is 19.0 Å². The first kappa shape index (κ1) is 17.5. The zero-order valence-corrected chi connectivity index (χ0v) is 13.4.